The van der Waals surface area contributed by atoms with Gasteiger partial charge in [0.25, 0.3) is 0 Å². The first-order valence-corrected chi connectivity index (χ1v) is 9.66. The van der Waals surface area contributed by atoms with Crippen LogP contribution < -0.4 is 10.2 Å². The summed E-state index contributed by atoms with van der Waals surface area (Å²) in [6.45, 7) is 2.40. The molecule has 146 valence electrons. The highest BCUT2D eigenvalue weighted by Gasteiger charge is 2.15. The van der Waals surface area contributed by atoms with Gasteiger partial charge in [0.2, 0.25) is 5.91 Å². The van der Waals surface area contributed by atoms with Crippen molar-refractivity contribution in [2.75, 3.05) is 18.0 Å². The monoisotopic (exact) mass is 382 g/mol. The van der Waals surface area contributed by atoms with E-state index in [9.17, 15) is 9.18 Å². The minimum atomic E-state index is -0.287. The Hall–Kier alpha value is -3.03. The fourth-order valence-electron chi connectivity index (χ4n) is 3.39. The standard InChI is InChI=1S/C20H23FN6O/c21-16-6-4-15(5-7-16)14-22-20(28)11-10-18-24-23-17-8-9-19(25-27(17)18)26-12-2-1-3-13-26/h4-9H,1-3,10-14H2,(H,22,28). The van der Waals surface area contributed by atoms with Crippen molar-refractivity contribution in [3.63, 3.8) is 0 Å². The number of amides is 1. The van der Waals surface area contributed by atoms with Gasteiger partial charge in [-0.3, -0.25) is 4.79 Å². The lowest BCUT2D eigenvalue weighted by Gasteiger charge is -2.27. The number of piperidine rings is 1. The highest BCUT2D eigenvalue weighted by molar-refractivity contribution is 5.76. The maximum absolute atomic E-state index is 12.9. The van der Waals surface area contributed by atoms with Crippen molar-refractivity contribution in [3.05, 3.63) is 53.6 Å². The van der Waals surface area contributed by atoms with E-state index in [1.165, 1.54) is 31.4 Å². The molecule has 1 fully saturated rings. The van der Waals surface area contributed by atoms with Crippen molar-refractivity contribution < 1.29 is 9.18 Å². The van der Waals surface area contributed by atoms with Gasteiger partial charge in [0.15, 0.2) is 11.5 Å². The number of carbonyl (C=O) groups excluding carboxylic acids is 1. The number of benzene rings is 1. The summed E-state index contributed by atoms with van der Waals surface area (Å²) < 4.78 is 14.7. The Morgan fingerprint density at radius 3 is 2.61 bits per heavy atom. The molecule has 1 amide bonds. The molecule has 2 aromatic heterocycles. The number of fused-ring (bicyclic) bond motifs is 1. The second-order valence-corrected chi connectivity index (χ2v) is 7.03. The van der Waals surface area contributed by atoms with Crippen LogP contribution in [0, 0.1) is 5.82 Å². The Bertz CT molecular complexity index is 949. The zero-order chi connectivity index (χ0) is 19.3. The lowest BCUT2D eigenvalue weighted by atomic mass is 10.1. The van der Waals surface area contributed by atoms with Crippen molar-refractivity contribution in [1.29, 1.82) is 0 Å². The summed E-state index contributed by atoms with van der Waals surface area (Å²) in [5.74, 6) is 1.22. The second kappa shape index (κ2) is 8.33. The number of nitrogens with one attached hydrogen (secondary N) is 1. The maximum Gasteiger partial charge on any atom is 0.220 e. The summed E-state index contributed by atoms with van der Waals surface area (Å²) in [6.07, 6.45) is 4.38. The van der Waals surface area contributed by atoms with Crippen LogP contribution in [0.1, 0.15) is 37.1 Å². The van der Waals surface area contributed by atoms with E-state index in [2.05, 4.69) is 25.5 Å². The Balaban J connectivity index is 1.37. The Morgan fingerprint density at radius 1 is 1.04 bits per heavy atom. The SMILES string of the molecule is O=C(CCc1nnc2ccc(N3CCCCC3)nn12)NCc1ccc(F)cc1. The van der Waals surface area contributed by atoms with Gasteiger partial charge in [-0.15, -0.1) is 15.3 Å². The zero-order valence-corrected chi connectivity index (χ0v) is 15.6. The highest BCUT2D eigenvalue weighted by atomic mass is 19.1. The molecule has 1 aliphatic rings. The van der Waals surface area contributed by atoms with Gasteiger partial charge in [-0.25, -0.2) is 4.39 Å². The molecule has 1 N–H and O–H groups in total. The lowest BCUT2D eigenvalue weighted by molar-refractivity contribution is -0.121. The molecule has 0 atom stereocenters. The van der Waals surface area contributed by atoms with Crippen LogP contribution in [0.3, 0.4) is 0 Å². The number of hydrogen-bond donors (Lipinski definition) is 1. The third-order valence-corrected chi connectivity index (χ3v) is 4.97. The van der Waals surface area contributed by atoms with Gasteiger partial charge in [0.1, 0.15) is 11.6 Å². The molecule has 8 heteroatoms. The van der Waals surface area contributed by atoms with E-state index < -0.39 is 0 Å². The first-order valence-electron chi connectivity index (χ1n) is 9.66. The molecule has 1 aromatic carbocycles. The van der Waals surface area contributed by atoms with Crippen LogP contribution in [0.15, 0.2) is 36.4 Å². The average molecular weight is 382 g/mol. The first kappa shape index (κ1) is 18.3. The van der Waals surface area contributed by atoms with Gasteiger partial charge in [-0.1, -0.05) is 12.1 Å². The molecule has 0 unspecified atom stereocenters. The number of aryl methyl sites for hydroxylation is 1. The van der Waals surface area contributed by atoms with E-state index in [1.807, 2.05) is 12.1 Å². The fraction of sp³-hybridized carbons (Fsp3) is 0.400. The minimum absolute atomic E-state index is 0.0896. The molecule has 0 aliphatic carbocycles. The van der Waals surface area contributed by atoms with E-state index in [4.69, 9.17) is 0 Å². The number of halogens is 1. The summed E-state index contributed by atoms with van der Waals surface area (Å²) >= 11 is 0. The molecule has 0 bridgehead atoms. The quantitative estimate of drug-likeness (QED) is 0.709. The molecule has 7 nitrogen and oxygen atoms in total. The zero-order valence-electron chi connectivity index (χ0n) is 15.6. The molecule has 0 spiro atoms. The van der Waals surface area contributed by atoms with Crippen molar-refractivity contribution in [2.24, 2.45) is 0 Å². The second-order valence-electron chi connectivity index (χ2n) is 7.03. The summed E-state index contributed by atoms with van der Waals surface area (Å²) in [6, 6.07) is 9.99. The summed E-state index contributed by atoms with van der Waals surface area (Å²) in [4.78, 5) is 14.4. The van der Waals surface area contributed by atoms with Crippen LogP contribution in [0.4, 0.5) is 10.2 Å². The van der Waals surface area contributed by atoms with Crippen molar-refractivity contribution in [3.8, 4) is 0 Å². The number of carbonyl (C=O) groups is 1. The van der Waals surface area contributed by atoms with Gasteiger partial charge in [0, 0.05) is 32.5 Å². The molecule has 28 heavy (non-hydrogen) atoms. The molecule has 1 saturated heterocycles. The smallest absolute Gasteiger partial charge is 0.220 e. The Morgan fingerprint density at radius 2 is 1.82 bits per heavy atom. The third-order valence-electron chi connectivity index (χ3n) is 4.97. The van der Waals surface area contributed by atoms with Gasteiger partial charge >= 0.3 is 0 Å². The van der Waals surface area contributed by atoms with Crippen LogP contribution >= 0.6 is 0 Å². The lowest BCUT2D eigenvalue weighted by Crippen LogP contribution is -2.30. The molecule has 1 aliphatic heterocycles. The average Bonchev–Trinajstić information content (AvgIpc) is 3.15. The van der Waals surface area contributed by atoms with Crippen LogP contribution in [-0.2, 0) is 17.8 Å². The Kier molecular flexibility index (Phi) is 5.45. The van der Waals surface area contributed by atoms with Crippen LogP contribution in [0.25, 0.3) is 5.65 Å². The molecule has 3 heterocycles. The molecular weight excluding hydrogens is 359 g/mol. The number of rotatable bonds is 6. The minimum Gasteiger partial charge on any atom is -0.355 e. The number of aromatic nitrogens is 4. The van der Waals surface area contributed by atoms with Gasteiger partial charge in [-0.05, 0) is 49.1 Å². The summed E-state index contributed by atoms with van der Waals surface area (Å²) in [7, 11) is 0. The van der Waals surface area contributed by atoms with Gasteiger partial charge in [-0.2, -0.15) is 4.52 Å². The van der Waals surface area contributed by atoms with Crippen molar-refractivity contribution in [1.82, 2.24) is 25.1 Å². The number of anilines is 1. The topological polar surface area (TPSA) is 75.4 Å². The largest absolute Gasteiger partial charge is 0.355 e. The van der Waals surface area contributed by atoms with E-state index in [-0.39, 0.29) is 18.1 Å². The fourth-order valence-corrected chi connectivity index (χ4v) is 3.39. The number of hydrogen-bond acceptors (Lipinski definition) is 5. The van der Waals surface area contributed by atoms with Crippen molar-refractivity contribution >= 4 is 17.4 Å². The van der Waals surface area contributed by atoms with Crippen LogP contribution in [0.2, 0.25) is 0 Å². The molecule has 0 radical (unpaired) electrons. The van der Waals surface area contributed by atoms with Crippen molar-refractivity contribution in [2.45, 2.75) is 38.6 Å². The summed E-state index contributed by atoms with van der Waals surface area (Å²) in [5, 5.41) is 15.9. The third kappa shape index (κ3) is 4.27. The molecule has 0 saturated carbocycles. The van der Waals surface area contributed by atoms with E-state index in [0.29, 0.717) is 24.4 Å². The van der Waals surface area contributed by atoms with E-state index in [0.717, 1.165) is 24.5 Å². The van der Waals surface area contributed by atoms with Crippen LogP contribution in [-0.4, -0.2) is 38.8 Å². The van der Waals surface area contributed by atoms with Crippen LogP contribution in [0.5, 0.6) is 0 Å². The highest BCUT2D eigenvalue weighted by Crippen LogP contribution is 2.18. The maximum atomic E-state index is 12.9. The van der Waals surface area contributed by atoms with E-state index >= 15 is 0 Å². The van der Waals surface area contributed by atoms with Gasteiger partial charge in [0.05, 0.1) is 0 Å². The molecule has 4 rings (SSSR count). The normalized spacial score (nSPS) is 14.4. The summed E-state index contributed by atoms with van der Waals surface area (Å²) in [5.41, 5.74) is 1.54. The Labute approximate surface area is 162 Å². The van der Waals surface area contributed by atoms with Gasteiger partial charge < -0.3 is 10.2 Å². The predicted molar refractivity (Wildman–Crippen MR) is 103 cm³/mol. The molecule has 3 aromatic rings. The van der Waals surface area contributed by atoms with E-state index in [1.54, 1.807) is 16.6 Å². The first-order chi connectivity index (χ1) is 13.7. The number of nitrogens with zero attached hydrogens (tertiary/aromatic N) is 5. The predicted octanol–water partition coefficient (Wildman–Crippen LogP) is 2.50. The molecular formula is C20H23FN6O.